The van der Waals surface area contributed by atoms with Gasteiger partial charge in [0, 0.05) is 22.7 Å². The molecule has 142 valence electrons. The molecule has 5 rings (SSSR count). The van der Waals surface area contributed by atoms with Crippen LogP contribution in [0.2, 0.25) is 0 Å². The number of methoxy groups -OCH3 is 1. The van der Waals surface area contributed by atoms with Gasteiger partial charge in [-0.3, -0.25) is 4.79 Å². The van der Waals surface area contributed by atoms with Crippen LogP contribution in [0.15, 0.2) is 48.6 Å². The Balaban J connectivity index is 1.80. The summed E-state index contributed by atoms with van der Waals surface area (Å²) in [6, 6.07) is 8.25. The van der Waals surface area contributed by atoms with E-state index in [4.69, 9.17) is 4.74 Å². The maximum absolute atomic E-state index is 13.3. The Labute approximate surface area is 161 Å². The van der Waals surface area contributed by atoms with Crippen LogP contribution in [-0.4, -0.2) is 23.6 Å². The molecule has 3 nitrogen and oxygen atoms in total. The van der Waals surface area contributed by atoms with Crippen molar-refractivity contribution < 1.29 is 14.6 Å². The SMILES string of the molecule is COc1ccc([C@]23C=C[C@@]4(CCCC[C@]24C)[C@@H]2[C@H]3C(=O)C=C[C@]2(C)O)cc1. The molecule has 1 aromatic rings. The van der Waals surface area contributed by atoms with E-state index < -0.39 is 5.60 Å². The fourth-order valence-corrected chi connectivity index (χ4v) is 7.50. The van der Waals surface area contributed by atoms with Crippen molar-refractivity contribution in [3.05, 3.63) is 54.1 Å². The highest BCUT2D eigenvalue weighted by molar-refractivity contribution is 5.96. The van der Waals surface area contributed by atoms with Gasteiger partial charge in [0.05, 0.1) is 12.7 Å². The van der Waals surface area contributed by atoms with E-state index >= 15 is 0 Å². The summed E-state index contributed by atoms with van der Waals surface area (Å²) >= 11 is 0. The molecular weight excluding hydrogens is 336 g/mol. The first-order chi connectivity index (χ1) is 12.8. The van der Waals surface area contributed by atoms with Crippen LogP contribution in [0, 0.1) is 22.7 Å². The number of allylic oxidation sites excluding steroid dienone is 3. The Bertz CT molecular complexity index is 864. The number of ketones is 1. The van der Waals surface area contributed by atoms with E-state index in [1.54, 1.807) is 19.3 Å². The highest BCUT2D eigenvalue weighted by Gasteiger charge is 2.79. The summed E-state index contributed by atoms with van der Waals surface area (Å²) in [6.07, 6.45) is 12.6. The van der Waals surface area contributed by atoms with Crippen LogP contribution >= 0.6 is 0 Å². The third kappa shape index (κ3) is 1.75. The topological polar surface area (TPSA) is 46.5 Å². The average molecular weight is 364 g/mol. The molecule has 0 unspecified atom stereocenters. The molecule has 3 heteroatoms. The summed E-state index contributed by atoms with van der Waals surface area (Å²) in [5, 5.41) is 11.4. The number of carbonyl (C=O) groups is 1. The molecule has 0 amide bonds. The summed E-state index contributed by atoms with van der Waals surface area (Å²) in [5.74, 6) is 0.717. The predicted octanol–water partition coefficient (Wildman–Crippen LogP) is 4.21. The molecule has 4 aliphatic carbocycles. The lowest BCUT2D eigenvalue weighted by Gasteiger charge is -2.52. The van der Waals surface area contributed by atoms with Crippen LogP contribution in [0.1, 0.15) is 45.1 Å². The van der Waals surface area contributed by atoms with Crippen molar-refractivity contribution in [3.8, 4) is 5.75 Å². The lowest BCUT2D eigenvalue weighted by molar-refractivity contribution is -0.128. The first kappa shape index (κ1) is 17.2. The number of benzene rings is 1. The van der Waals surface area contributed by atoms with Crippen LogP contribution in [0.3, 0.4) is 0 Å². The molecule has 4 aliphatic rings. The van der Waals surface area contributed by atoms with Gasteiger partial charge in [-0.1, -0.05) is 44.1 Å². The standard InChI is InChI=1S/C24H28O3/c1-21(26)13-10-18(25)19-20(21)23-12-5-4-11-22(23,2)24(19,15-14-23)16-6-8-17(27-3)9-7-16/h6-10,13-15,19-20,26H,4-5,11-12H2,1-3H3/t19-,20-,21+,22+,23+,24+/m1/s1. The molecule has 27 heavy (non-hydrogen) atoms. The van der Waals surface area contributed by atoms with Crippen molar-refractivity contribution >= 4 is 5.78 Å². The van der Waals surface area contributed by atoms with E-state index in [1.165, 1.54) is 12.0 Å². The molecule has 1 N–H and O–H groups in total. The van der Waals surface area contributed by atoms with E-state index in [0.717, 1.165) is 25.0 Å². The molecule has 2 fully saturated rings. The van der Waals surface area contributed by atoms with Gasteiger partial charge in [-0.25, -0.2) is 0 Å². The maximum atomic E-state index is 13.3. The monoisotopic (exact) mass is 364 g/mol. The summed E-state index contributed by atoms with van der Waals surface area (Å²) in [4.78, 5) is 13.3. The molecule has 1 aromatic carbocycles. The Hall–Kier alpha value is -1.87. The molecule has 6 atom stereocenters. The van der Waals surface area contributed by atoms with Gasteiger partial charge in [-0.15, -0.1) is 0 Å². The van der Waals surface area contributed by atoms with Crippen LogP contribution in [0.4, 0.5) is 0 Å². The first-order valence-corrected chi connectivity index (χ1v) is 10.1. The van der Waals surface area contributed by atoms with Gasteiger partial charge in [0.15, 0.2) is 5.78 Å². The number of hydrogen-bond acceptors (Lipinski definition) is 3. The molecule has 2 bridgehead atoms. The van der Waals surface area contributed by atoms with Crippen LogP contribution in [0.25, 0.3) is 0 Å². The van der Waals surface area contributed by atoms with Gasteiger partial charge < -0.3 is 9.84 Å². The van der Waals surface area contributed by atoms with E-state index in [2.05, 4.69) is 31.2 Å². The molecule has 0 saturated heterocycles. The molecule has 0 aromatic heterocycles. The smallest absolute Gasteiger partial charge is 0.160 e. The summed E-state index contributed by atoms with van der Waals surface area (Å²) in [7, 11) is 1.68. The van der Waals surface area contributed by atoms with Gasteiger partial charge >= 0.3 is 0 Å². The number of ether oxygens (including phenoxy) is 1. The van der Waals surface area contributed by atoms with Crippen LogP contribution < -0.4 is 4.74 Å². The average Bonchev–Trinajstić information content (AvgIpc) is 3.06. The normalized spacial score (nSPS) is 47.0. The van der Waals surface area contributed by atoms with Gasteiger partial charge in [0.1, 0.15) is 5.75 Å². The highest BCUT2D eigenvalue weighted by atomic mass is 16.5. The van der Waals surface area contributed by atoms with Gasteiger partial charge in [0.25, 0.3) is 0 Å². The van der Waals surface area contributed by atoms with Crippen LogP contribution in [0.5, 0.6) is 5.75 Å². The number of aliphatic hydroxyl groups is 1. The van der Waals surface area contributed by atoms with Crippen molar-refractivity contribution in [1.82, 2.24) is 0 Å². The quantitative estimate of drug-likeness (QED) is 0.800. The maximum Gasteiger partial charge on any atom is 0.160 e. The third-order valence-electron chi connectivity index (χ3n) is 8.57. The molecule has 0 heterocycles. The third-order valence-corrected chi connectivity index (χ3v) is 8.57. The van der Waals surface area contributed by atoms with Gasteiger partial charge in [0.2, 0.25) is 0 Å². The molecule has 2 saturated carbocycles. The minimum absolute atomic E-state index is 0.0617. The van der Waals surface area contributed by atoms with Gasteiger partial charge in [-0.05, 0) is 55.0 Å². The summed E-state index contributed by atoms with van der Waals surface area (Å²) in [5.41, 5.74) is -0.335. The van der Waals surface area contributed by atoms with Crippen molar-refractivity contribution in [1.29, 1.82) is 0 Å². The minimum Gasteiger partial charge on any atom is -0.497 e. The van der Waals surface area contributed by atoms with Gasteiger partial charge in [-0.2, -0.15) is 0 Å². The number of hydrogen-bond donors (Lipinski definition) is 1. The zero-order chi connectivity index (χ0) is 19.1. The van der Waals surface area contributed by atoms with Crippen molar-refractivity contribution in [2.45, 2.75) is 50.5 Å². The van der Waals surface area contributed by atoms with E-state index in [1.807, 2.05) is 19.1 Å². The number of carbonyl (C=O) groups excluding carboxylic acids is 1. The number of fused-ring (bicyclic) bond motifs is 2. The zero-order valence-corrected chi connectivity index (χ0v) is 16.4. The fraction of sp³-hybridized carbons (Fsp3) is 0.542. The summed E-state index contributed by atoms with van der Waals surface area (Å²) in [6.45, 7) is 4.27. The largest absolute Gasteiger partial charge is 0.497 e. The second-order valence-corrected chi connectivity index (χ2v) is 9.43. The lowest BCUT2D eigenvalue weighted by Crippen LogP contribution is -2.52. The van der Waals surface area contributed by atoms with Crippen molar-refractivity contribution in [2.24, 2.45) is 22.7 Å². The Morgan fingerprint density at radius 1 is 1.04 bits per heavy atom. The number of rotatable bonds is 2. The second kappa shape index (κ2) is 5.14. The zero-order valence-electron chi connectivity index (χ0n) is 16.4. The van der Waals surface area contributed by atoms with E-state index in [0.29, 0.717) is 0 Å². The Kier molecular flexibility index (Phi) is 3.28. The second-order valence-electron chi connectivity index (χ2n) is 9.43. The van der Waals surface area contributed by atoms with E-state index in [9.17, 15) is 9.90 Å². The molecule has 0 aliphatic heterocycles. The predicted molar refractivity (Wildman–Crippen MR) is 105 cm³/mol. The fourth-order valence-electron chi connectivity index (χ4n) is 7.50. The summed E-state index contributed by atoms with van der Waals surface area (Å²) < 4.78 is 5.36. The van der Waals surface area contributed by atoms with E-state index in [-0.39, 0.29) is 33.9 Å². The molecular formula is C24H28O3. The first-order valence-electron chi connectivity index (χ1n) is 10.1. The van der Waals surface area contributed by atoms with Crippen molar-refractivity contribution in [2.75, 3.05) is 7.11 Å². The molecule has 0 spiro atoms. The Morgan fingerprint density at radius 3 is 2.44 bits per heavy atom. The minimum atomic E-state index is -0.962. The molecule has 0 radical (unpaired) electrons. The Morgan fingerprint density at radius 2 is 1.74 bits per heavy atom. The van der Waals surface area contributed by atoms with Crippen LogP contribution in [-0.2, 0) is 10.2 Å². The van der Waals surface area contributed by atoms with Crippen molar-refractivity contribution in [3.63, 3.8) is 0 Å². The lowest BCUT2D eigenvalue weighted by atomic mass is 9.52. The highest BCUT2D eigenvalue weighted by Crippen LogP contribution is 2.80.